The van der Waals surface area contributed by atoms with Crippen molar-refractivity contribution in [1.82, 2.24) is 0 Å². The maximum atomic E-state index is 10.2. The summed E-state index contributed by atoms with van der Waals surface area (Å²) in [5, 5.41) is 0. The molecule has 2 heteroatoms. The molecule has 0 spiro atoms. The van der Waals surface area contributed by atoms with E-state index in [9.17, 15) is 4.79 Å². The van der Waals surface area contributed by atoms with Crippen molar-refractivity contribution in [3.63, 3.8) is 0 Å². The fourth-order valence-corrected chi connectivity index (χ4v) is 2.24. The lowest BCUT2D eigenvalue weighted by atomic mass is 10.1. The number of benzene rings is 1. The molecule has 1 aromatic carbocycles. The summed E-state index contributed by atoms with van der Waals surface area (Å²) in [5.74, 6) is 0. The molecule has 0 aromatic heterocycles. The van der Waals surface area contributed by atoms with Gasteiger partial charge in [0.2, 0.25) is 0 Å². The van der Waals surface area contributed by atoms with Crippen LogP contribution in [0.15, 0.2) is 24.3 Å². The fourth-order valence-electron chi connectivity index (χ4n) is 2.24. The van der Waals surface area contributed by atoms with E-state index in [0.717, 1.165) is 19.1 Å². The van der Waals surface area contributed by atoms with Crippen molar-refractivity contribution in [1.29, 1.82) is 0 Å². The second-order valence-corrected chi connectivity index (χ2v) is 4.42. The van der Waals surface area contributed by atoms with Gasteiger partial charge in [-0.2, -0.15) is 0 Å². The van der Waals surface area contributed by atoms with E-state index in [2.05, 4.69) is 29.2 Å². The van der Waals surface area contributed by atoms with Crippen LogP contribution in [0.5, 0.6) is 0 Å². The van der Waals surface area contributed by atoms with Gasteiger partial charge in [0.25, 0.3) is 0 Å². The van der Waals surface area contributed by atoms with Gasteiger partial charge in [0.1, 0.15) is 6.29 Å². The van der Waals surface area contributed by atoms with Crippen LogP contribution in [0.2, 0.25) is 0 Å². The SMILES string of the molecule is O=CCCCc1ccc(N2CCCC2)cc1. The lowest BCUT2D eigenvalue weighted by molar-refractivity contribution is -0.107. The molecule has 1 aromatic rings. The Morgan fingerprint density at radius 2 is 1.81 bits per heavy atom. The van der Waals surface area contributed by atoms with Crippen LogP contribution < -0.4 is 4.90 Å². The van der Waals surface area contributed by atoms with Crippen LogP contribution in [-0.2, 0) is 11.2 Å². The van der Waals surface area contributed by atoms with Crippen molar-refractivity contribution in [2.75, 3.05) is 18.0 Å². The van der Waals surface area contributed by atoms with Gasteiger partial charge >= 0.3 is 0 Å². The number of hydrogen-bond donors (Lipinski definition) is 0. The molecular weight excluding hydrogens is 198 g/mol. The Morgan fingerprint density at radius 3 is 2.44 bits per heavy atom. The van der Waals surface area contributed by atoms with Gasteiger partial charge in [0.15, 0.2) is 0 Å². The number of hydrogen-bond acceptors (Lipinski definition) is 2. The van der Waals surface area contributed by atoms with Crippen LogP contribution >= 0.6 is 0 Å². The number of carbonyl (C=O) groups is 1. The minimum Gasteiger partial charge on any atom is -0.372 e. The molecule has 2 rings (SSSR count). The molecule has 1 fully saturated rings. The van der Waals surface area contributed by atoms with Crippen molar-refractivity contribution in [3.8, 4) is 0 Å². The Labute approximate surface area is 97.3 Å². The smallest absolute Gasteiger partial charge is 0.120 e. The van der Waals surface area contributed by atoms with E-state index in [0.29, 0.717) is 6.42 Å². The highest BCUT2D eigenvalue weighted by Gasteiger charge is 2.11. The predicted octanol–water partition coefficient (Wildman–Crippen LogP) is 2.81. The topological polar surface area (TPSA) is 20.3 Å². The number of rotatable bonds is 5. The summed E-state index contributed by atoms with van der Waals surface area (Å²) in [6, 6.07) is 8.81. The average molecular weight is 217 g/mol. The Balaban J connectivity index is 1.90. The molecule has 1 aliphatic heterocycles. The number of anilines is 1. The molecule has 0 bridgehead atoms. The zero-order valence-corrected chi connectivity index (χ0v) is 9.69. The summed E-state index contributed by atoms with van der Waals surface area (Å²) in [6.45, 7) is 2.40. The number of aldehydes is 1. The van der Waals surface area contributed by atoms with Gasteiger partial charge in [-0.25, -0.2) is 0 Å². The van der Waals surface area contributed by atoms with Gasteiger partial charge in [-0.15, -0.1) is 0 Å². The summed E-state index contributed by atoms with van der Waals surface area (Å²) >= 11 is 0. The van der Waals surface area contributed by atoms with Crippen molar-refractivity contribution in [3.05, 3.63) is 29.8 Å². The van der Waals surface area contributed by atoms with Crippen molar-refractivity contribution in [2.45, 2.75) is 32.1 Å². The van der Waals surface area contributed by atoms with E-state index in [-0.39, 0.29) is 0 Å². The minimum absolute atomic E-state index is 0.674. The molecule has 0 saturated carbocycles. The van der Waals surface area contributed by atoms with Crippen LogP contribution in [0, 0.1) is 0 Å². The molecule has 0 atom stereocenters. The maximum Gasteiger partial charge on any atom is 0.120 e. The molecule has 16 heavy (non-hydrogen) atoms. The highest BCUT2D eigenvalue weighted by atomic mass is 16.1. The van der Waals surface area contributed by atoms with Gasteiger partial charge in [0.05, 0.1) is 0 Å². The molecule has 0 amide bonds. The second kappa shape index (κ2) is 5.69. The van der Waals surface area contributed by atoms with Gasteiger partial charge in [-0.3, -0.25) is 0 Å². The van der Waals surface area contributed by atoms with E-state index >= 15 is 0 Å². The molecule has 2 nitrogen and oxygen atoms in total. The van der Waals surface area contributed by atoms with Crippen LogP contribution in [0.4, 0.5) is 5.69 Å². The molecule has 0 radical (unpaired) electrons. The monoisotopic (exact) mass is 217 g/mol. The maximum absolute atomic E-state index is 10.2. The van der Waals surface area contributed by atoms with Crippen LogP contribution in [0.3, 0.4) is 0 Å². The van der Waals surface area contributed by atoms with E-state index in [1.807, 2.05) is 0 Å². The number of carbonyl (C=O) groups excluding carboxylic acids is 1. The molecular formula is C14H19NO. The zero-order chi connectivity index (χ0) is 11.2. The number of aryl methyl sites for hydroxylation is 1. The van der Waals surface area contributed by atoms with Crippen LogP contribution in [0.1, 0.15) is 31.2 Å². The Kier molecular flexibility index (Phi) is 3.97. The molecule has 0 unspecified atom stereocenters. The molecule has 0 N–H and O–H groups in total. The third-order valence-electron chi connectivity index (χ3n) is 3.19. The first kappa shape index (κ1) is 11.2. The third kappa shape index (κ3) is 2.84. The quantitative estimate of drug-likeness (QED) is 0.558. The normalized spacial score (nSPS) is 15.4. The molecule has 0 aliphatic carbocycles. The van der Waals surface area contributed by atoms with E-state index in [4.69, 9.17) is 0 Å². The fraction of sp³-hybridized carbons (Fsp3) is 0.500. The number of nitrogens with zero attached hydrogens (tertiary/aromatic N) is 1. The predicted molar refractivity (Wildman–Crippen MR) is 66.9 cm³/mol. The molecule has 86 valence electrons. The van der Waals surface area contributed by atoms with Gasteiger partial charge in [-0.05, 0) is 43.4 Å². The highest BCUT2D eigenvalue weighted by Crippen LogP contribution is 2.20. The summed E-state index contributed by atoms with van der Waals surface area (Å²) in [4.78, 5) is 12.7. The van der Waals surface area contributed by atoms with E-state index in [1.165, 1.54) is 37.2 Å². The lowest BCUT2D eigenvalue weighted by Gasteiger charge is -2.17. The van der Waals surface area contributed by atoms with E-state index in [1.54, 1.807) is 0 Å². The van der Waals surface area contributed by atoms with Gasteiger partial charge in [0, 0.05) is 25.2 Å². The van der Waals surface area contributed by atoms with Gasteiger partial charge < -0.3 is 9.69 Å². The summed E-state index contributed by atoms with van der Waals surface area (Å²) in [6.07, 6.45) is 6.29. The Hall–Kier alpha value is -1.31. The van der Waals surface area contributed by atoms with Crippen LogP contribution in [-0.4, -0.2) is 19.4 Å². The average Bonchev–Trinajstić information content (AvgIpc) is 2.84. The third-order valence-corrected chi connectivity index (χ3v) is 3.19. The van der Waals surface area contributed by atoms with E-state index < -0.39 is 0 Å². The van der Waals surface area contributed by atoms with Crippen molar-refractivity contribution >= 4 is 12.0 Å². The number of unbranched alkanes of at least 4 members (excludes halogenated alkanes) is 1. The summed E-state index contributed by atoms with van der Waals surface area (Å²) < 4.78 is 0. The first-order chi connectivity index (χ1) is 7.90. The standard InChI is InChI=1S/C14H19NO/c16-12-4-1-5-13-6-8-14(9-7-13)15-10-2-3-11-15/h6-9,12H,1-5,10-11H2. The molecule has 1 saturated heterocycles. The lowest BCUT2D eigenvalue weighted by Crippen LogP contribution is -2.17. The molecule has 1 aliphatic rings. The largest absolute Gasteiger partial charge is 0.372 e. The summed E-state index contributed by atoms with van der Waals surface area (Å²) in [7, 11) is 0. The highest BCUT2D eigenvalue weighted by molar-refractivity contribution is 5.50. The zero-order valence-electron chi connectivity index (χ0n) is 9.69. The molecule has 1 heterocycles. The van der Waals surface area contributed by atoms with Crippen molar-refractivity contribution in [2.24, 2.45) is 0 Å². The van der Waals surface area contributed by atoms with Crippen LogP contribution in [0.25, 0.3) is 0 Å². The van der Waals surface area contributed by atoms with Crippen molar-refractivity contribution < 1.29 is 4.79 Å². The van der Waals surface area contributed by atoms with Gasteiger partial charge in [-0.1, -0.05) is 12.1 Å². The Morgan fingerprint density at radius 1 is 1.12 bits per heavy atom. The second-order valence-electron chi connectivity index (χ2n) is 4.42. The first-order valence-corrected chi connectivity index (χ1v) is 6.17. The first-order valence-electron chi connectivity index (χ1n) is 6.17. The summed E-state index contributed by atoms with van der Waals surface area (Å²) in [5.41, 5.74) is 2.68. The Bertz CT molecular complexity index is 325. The minimum atomic E-state index is 0.674.